The highest BCUT2D eigenvalue weighted by atomic mass is 16.6. The van der Waals surface area contributed by atoms with E-state index in [0.717, 1.165) is 0 Å². The zero-order chi connectivity index (χ0) is 26.3. The number of esters is 4. The molecule has 4 unspecified atom stereocenters. The Bertz CT molecular complexity index is 976. The zero-order valence-electron chi connectivity index (χ0n) is 20.8. The van der Waals surface area contributed by atoms with Gasteiger partial charge in [-0.25, -0.2) is 9.78 Å². The number of nitrogens with one attached hydrogen (secondary N) is 1. The minimum absolute atomic E-state index is 0.0374. The van der Waals surface area contributed by atoms with E-state index in [1.54, 1.807) is 19.9 Å². The Hall–Kier alpha value is -3.50. The minimum Gasteiger partial charge on any atom is -0.463 e. The molecule has 1 aromatic rings. The summed E-state index contributed by atoms with van der Waals surface area (Å²) in [6.45, 7) is 9.23. The summed E-state index contributed by atoms with van der Waals surface area (Å²) >= 11 is 0. The molecule has 0 radical (unpaired) electrons. The fourth-order valence-corrected chi connectivity index (χ4v) is 3.55. The highest BCUT2D eigenvalue weighted by molar-refractivity contribution is 5.98. The third-order valence-corrected chi connectivity index (χ3v) is 5.29. The summed E-state index contributed by atoms with van der Waals surface area (Å²) in [7, 11) is 0. The first-order valence-electron chi connectivity index (χ1n) is 11.5. The summed E-state index contributed by atoms with van der Waals surface area (Å²) in [5.74, 6) is -4.46. The third-order valence-electron chi connectivity index (χ3n) is 5.29. The summed E-state index contributed by atoms with van der Waals surface area (Å²) in [6.07, 6.45) is -0.275. The minimum atomic E-state index is -1.37. The SMILES string of the molecule is CCC1C(=O)OCC(NC(=O)c2nccc(C)c2OC(C)=O)C(=O)OC(C)C1OC(=O)CC(C)C. The number of pyridine rings is 1. The molecular formula is C24H32N2O9. The van der Waals surface area contributed by atoms with Crippen molar-refractivity contribution in [2.24, 2.45) is 11.8 Å². The molecule has 2 rings (SSSR count). The first kappa shape index (κ1) is 27.7. The van der Waals surface area contributed by atoms with Crippen LogP contribution in [0.3, 0.4) is 0 Å². The molecule has 1 aliphatic heterocycles. The summed E-state index contributed by atoms with van der Waals surface area (Å²) in [5, 5.41) is 2.42. The molecule has 1 amide bonds. The van der Waals surface area contributed by atoms with Crippen LogP contribution in [0.4, 0.5) is 0 Å². The lowest BCUT2D eigenvalue weighted by atomic mass is 9.95. The van der Waals surface area contributed by atoms with Gasteiger partial charge in [-0.3, -0.25) is 19.2 Å². The van der Waals surface area contributed by atoms with Gasteiger partial charge in [-0.05, 0) is 37.8 Å². The van der Waals surface area contributed by atoms with Crippen molar-refractivity contribution >= 4 is 29.8 Å². The first-order chi connectivity index (χ1) is 16.4. The molecule has 1 aliphatic rings. The maximum Gasteiger partial charge on any atom is 0.332 e. The summed E-state index contributed by atoms with van der Waals surface area (Å²) < 4.78 is 21.4. The van der Waals surface area contributed by atoms with Crippen LogP contribution >= 0.6 is 0 Å². The van der Waals surface area contributed by atoms with Gasteiger partial charge < -0.3 is 24.3 Å². The van der Waals surface area contributed by atoms with Crippen molar-refractivity contribution in [3.63, 3.8) is 0 Å². The lowest BCUT2D eigenvalue weighted by molar-refractivity contribution is -0.175. The molecule has 192 valence electrons. The van der Waals surface area contributed by atoms with E-state index in [1.807, 2.05) is 13.8 Å². The molecule has 2 heterocycles. The summed E-state index contributed by atoms with van der Waals surface area (Å²) in [5.41, 5.74) is 0.258. The summed E-state index contributed by atoms with van der Waals surface area (Å²) in [4.78, 5) is 66.3. The molecule has 11 nitrogen and oxygen atoms in total. The predicted molar refractivity (Wildman–Crippen MR) is 121 cm³/mol. The van der Waals surface area contributed by atoms with Crippen molar-refractivity contribution in [2.45, 2.75) is 72.6 Å². The second-order valence-corrected chi connectivity index (χ2v) is 8.76. The van der Waals surface area contributed by atoms with Crippen LogP contribution in [-0.2, 0) is 33.4 Å². The second kappa shape index (κ2) is 12.3. The number of nitrogens with zero attached hydrogens (tertiary/aromatic N) is 1. The number of hydrogen-bond acceptors (Lipinski definition) is 10. The maximum atomic E-state index is 12.9. The van der Waals surface area contributed by atoms with Gasteiger partial charge in [-0.1, -0.05) is 20.8 Å². The van der Waals surface area contributed by atoms with E-state index in [9.17, 15) is 24.0 Å². The highest BCUT2D eigenvalue weighted by Gasteiger charge is 2.41. The van der Waals surface area contributed by atoms with E-state index in [0.29, 0.717) is 5.56 Å². The number of cyclic esters (lactones) is 2. The van der Waals surface area contributed by atoms with Crippen LogP contribution in [0.15, 0.2) is 12.3 Å². The molecule has 1 saturated heterocycles. The van der Waals surface area contributed by atoms with E-state index >= 15 is 0 Å². The molecular weight excluding hydrogens is 460 g/mol. The van der Waals surface area contributed by atoms with Gasteiger partial charge in [0.15, 0.2) is 23.6 Å². The van der Waals surface area contributed by atoms with Crippen LogP contribution in [-0.4, -0.2) is 59.6 Å². The van der Waals surface area contributed by atoms with Gasteiger partial charge in [0.25, 0.3) is 5.91 Å². The van der Waals surface area contributed by atoms with Gasteiger partial charge in [0.05, 0.1) is 5.92 Å². The topological polar surface area (TPSA) is 147 Å². The van der Waals surface area contributed by atoms with Gasteiger partial charge in [0.1, 0.15) is 12.7 Å². The monoisotopic (exact) mass is 492 g/mol. The molecule has 1 aromatic heterocycles. The molecule has 4 atom stereocenters. The number of aromatic nitrogens is 1. The van der Waals surface area contributed by atoms with Crippen molar-refractivity contribution in [1.29, 1.82) is 0 Å². The molecule has 11 heteroatoms. The molecule has 1 fully saturated rings. The Morgan fingerprint density at radius 2 is 1.91 bits per heavy atom. The molecule has 0 aromatic carbocycles. The van der Waals surface area contributed by atoms with Crippen molar-refractivity contribution in [2.75, 3.05) is 6.61 Å². The number of amides is 1. The number of ether oxygens (including phenoxy) is 4. The Morgan fingerprint density at radius 1 is 1.23 bits per heavy atom. The molecule has 0 saturated carbocycles. The standard InChI is InChI=1S/C24H32N2O9/c1-7-16-21(35-18(28)10-12(2)3)14(5)33-24(31)17(11-32-23(16)30)26-22(29)19-20(34-15(6)27)13(4)8-9-25-19/h8-9,12,14,16-17,21H,7,10-11H2,1-6H3,(H,26,29). The van der Waals surface area contributed by atoms with Crippen LogP contribution in [0.2, 0.25) is 0 Å². The van der Waals surface area contributed by atoms with Crippen molar-refractivity contribution < 1.29 is 42.9 Å². The number of carbonyl (C=O) groups is 5. The third kappa shape index (κ3) is 7.49. The molecule has 0 bridgehead atoms. The Kier molecular flexibility index (Phi) is 9.73. The molecule has 0 spiro atoms. The number of aryl methyl sites for hydroxylation is 1. The van der Waals surface area contributed by atoms with Crippen molar-refractivity contribution in [3.05, 3.63) is 23.5 Å². The van der Waals surface area contributed by atoms with Crippen LogP contribution < -0.4 is 10.1 Å². The average molecular weight is 493 g/mol. The fourth-order valence-electron chi connectivity index (χ4n) is 3.55. The Balaban J connectivity index is 2.26. The lowest BCUT2D eigenvalue weighted by Gasteiger charge is -2.28. The fraction of sp³-hybridized carbons (Fsp3) is 0.583. The van der Waals surface area contributed by atoms with Crippen molar-refractivity contribution in [1.82, 2.24) is 10.3 Å². The van der Waals surface area contributed by atoms with E-state index < -0.39 is 60.6 Å². The van der Waals surface area contributed by atoms with E-state index in [-0.39, 0.29) is 30.2 Å². The highest BCUT2D eigenvalue weighted by Crippen LogP contribution is 2.24. The van der Waals surface area contributed by atoms with Crippen molar-refractivity contribution in [3.8, 4) is 5.75 Å². The largest absolute Gasteiger partial charge is 0.463 e. The Labute approximate surface area is 203 Å². The van der Waals surface area contributed by atoms with E-state index in [2.05, 4.69) is 10.3 Å². The average Bonchev–Trinajstić information content (AvgIpc) is 2.79. The van der Waals surface area contributed by atoms with E-state index in [1.165, 1.54) is 20.0 Å². The maximum absolute atomic E-state index is 12.9. The normalized spacial score (nSPS) is 22.7. The predicted octanol–water partition coefficient (Wildman–Crippen LogP) is 1.89. The number of rotatable bonds is 7. The van der Waals surface area contributed by atoms with Gasteiger partial charge >= 0.3 is 23.9 Å². The summed E-state index contributed by atoms with van der Waals surface area (Å²) in [6, 6.07) is 0.183. The van der Waals surface area contributed by atoms with Crippen LogP contribution in [0.1, 0.15) is 63.5 Å². The van der Waals surface area contributed by atoms with Crippen LogP contribution in [0.5, 0.6) is 5.75 Å². The molecule has 35 heavy (non-hydrogen) atoms. The van der Waals surface area contributed by atoms with Gasteiger partial charge in [0, 0.05) is 19.5 Å². The Morgan fingerprint density at radius 3 is 2.51 bits per heavy atom. The lowest BCUT2D eigenvalue weighted by Crippen LogP contribution is -2.46. The van der Waals surface area contributed by atoms with Crippen LogP contribution in [0, 0.1) is 18.8 Å². The van der Waals surface area contributed by atoms with Gasteiger partial charge in [-0.2, -0.15) is 0 Å². The first-order valence-corrected chi connectivity index (χ1v) is 11.5. The number of hydrogen-bond donors (Lipinski definition) is 1. The smallest absolute Gasteiger partial charge is 0.332 e. The van der Waals surface area contributed by atoms with Crippen LogP contribution in [0.25, 0.3) is 0 Å². The molecule has 1 N–H and O–H groups in total. The van der Waals surface area contributed by atoms with E-state index in [4.69, 9.17) is 18.9 Å². The number of carbonyl (C=O) groups excluding carboxylic acids is 5. The quantitative estimate of drug-likeness (QED) is 0.442. The second-order valence-electron chi connectivity index (χ2n) is 8.76. The zero-order valence-corrected chi connectivity index (χ0v) is 20.8. The van der Waals surface area contributed by atoms with Gasteiger partial charge in [-0.15, -0.1) is 0 Å². The van der Waals surface area contributed by atoms with Gasteiger partial charge in [0.2, 0.25) is 0 Å². The molecule has 0 aliphatic carbocycles.